The van der Waals surface area contributed by atoms with Gasteiger partial charge in [-0.2, -0.15) is 0 Å². The Balaban J connectivity index is 2.77. The molecule has 90 valence electrons. The fourth-order valence-electron chi connectivity index (χ4n) is 1.25. The van der Waals surface area contributed by atoms with Crippen molar-refractivity contribution in [2.45, 2.75) is 12.5 Å². The van der Waals surface area contributed by atoms with Crippen molar-refractivity contribution in [1.82, 2.24) is 0 Å². The minimum atomic E-state index is -3.06. The first-order valence-corrected chi connectivity index (χ1v) is 7.83. The zero-order valence-electron chi connectivity index (χ0n) is 8.65. The summed E-state index contributed by atoms with van der Waals surface area (Å²) in [5.74, 6) is -0.0550. The third-order valence-corrected chi connectivity index (χ3v) is 3.88. The molecule has 0 amide bonds. The van der Waals surface area contributed by atoms with Crippen molar-refractivity contribution in [2.24, 2.45) is 0 Å². The third-order valence-electron chi connectivity index (χ3n) is 2.08. The highest BCUT2D eigenvalue weighted by atomic mass is 79.9. The van der Waals surface area contributed by atoms with E-state index in [1.165, 1.54) is 0 Å². The molecule has 0 aliphatic rings. The zero-order chi connectivity index (χ0) is 12.3. The van der Waals surface area contributed by atoms with Crippen LogP contribution in [0.25, 0.3) is 0 Å². The summed E-state index contributed by atoms with van der Waals surface area (Å²) in [6, 6.07) is 5.10. The standard InChI is InChI=1S/C10H12BrClO3S/c1-16(14,15)5-4-10(13)8-3-2-7(11)6-9(8)12/h2-3,6,10,13H,4-5H2,1H3. The lowest BCUT2D eigenvalue weighted by atomic mass is 10.1. The molecule has 6 heteroatoms. The van der Waals surface area contributed by atoms with E-state index in [-0.39, 0.29) is 12.2 Å². The number of hydrogen-bond donors (Lipinski definition) is 1. The van der Waals surface area contributed by atoms with Gasteiger partial charge in [-0.1, -0.05) is 33.6 Å². The van der Waals surface area contributed by atoms with Crippen LogP contribution < -0.4 is 0 Å². The molecular weight excluding hydrogens is 316 g/mol. The number of rotatable bonds is 4. The highest BCUT2D eigenvalue weighted by molar-refractivity contribution is 9.10. The Morgan fingerprint density at radius 2 is 2.12 bits per heavy atom. The highest BCUT2D eigenvalue weighted by Gasteiger charge is 2.14. The molecule has 1 aromatic rings. The monoisotopic (exact) mass is 326 g/mol. The molecule has 0 aliphatic carbocycles. The lowest BCUT2D eigenvalue weighted by molar-refractivity contribution is 0.174. The van der Waals surface area contributed by atoms with E-state index in [2.05, 4.69) is 15.9 Å². The van der Waals surface area contributed by atoms with Gasteiger partial charge in [-0.15, -0.1) is 0 Å². The molecule has 1 rings (SSSR count). The normalized spacial score (nSPS) is 13.8. The Kier molecular flexibility index (Phi) is 4.79. The molecule has 0 aromatic heterocycles. The number of halogens is 2. The van der Waals surface area contributed by atoms with Crippen molar-refractivity contribution in [3.63, 3.8) is 0 Å². The third kappa shape index (κ3) is 4.41. The Morgan fingerprint density at radius 1 is 1.50 bits per heavy atom. The van der Waals surface area contributed by atoms with E-state index in [0.29, 0.717) is 10.6 Å². The highest BCUT2D eigenvalue weighted by Crippen LogP contribution is 2.28. The number of aliphatic hydroxyl groups is 1. The summed E-state index contributed by atoms with van der Waals surface area (Å²) in [5, 5.41) is 10.2. The van der Waals surface area contributed by atoms with Gasteiger partial charge in [0.25, 0.3) is 0 Å². The van der Waals surface area contributed by atoms with E-state index < -0.39 is 15.9 Å². The SMILES string of the molecule is CS(=O)(=O)CCC(O)c1ccc(Br)cc1Cl. The van der Waals surface area contributed by atoms with Gasteiger partial charge in [0.2, 0.25) is 0 Å². The Bertz CT molecular complexity index is 473. The number of aliphatic hydroxyl groups excluding tert-OH is 1. The lowest BCUT2D eigenvalue weighted by Gasteiger charge is -2.12. The molecule has 0 heterocycles. The van der Waals surface area contributed by atoms with E-state index in [0.717, 1.165) is 10.7 Å². The van der Waals surface area contributed by atoms with E-state index >= 15 is 0 Å². The van der Waals surface area contributed by atoms with Crippen LogP contribution in [0.2, 0.25) is 5.02 Å². The maximum atomic E-state index is 11.0. The minimum Gasteiger partial charge on any atom is -0.388 e. The van der Waals surface area contributed by atoms with Crippen molar-refractivity contribution in [1.29, 1.82) is 0 Å². The molecular formula is C10H12BrClO3S. The Labute approximate surface area is 108 Å². The number of benzene rings is 1. The second kappa shape index (κ2) is 5.49. The topological polar surface area (TPSA) is 54.4 Å². The summed E-state index contributed by atoms with van der Waals surface area (Å²) in [6.07, 6.45) is 0.443. The summed E-state index contributed by atoms with van der Waals surface area (Å²) in [5.41, 5.74) is 0.550. The predicted molar refractivity (Wildman–Crippen MR) is 68.4 cm³/mol. The molecule has 1 unspecified atom stereocenters. The van der Waals surface area contributed by atoms with Crippen LogP contribution in [-0.2, 0) is 9.84 Å². The molecule has 0 saturated heterocycles. The largest absolute Gasteiger partial charge is 0.388 e. The zero-order valence-corrected chi connectivity index (χ0v) is 11.8. The minimum absolute atomic E-state index is 0.0550. The van der Waals surface area contributed by atoms with Gasteiger partial charge in [-0.05, 0) is 24.1 Å². The quantitative estimate of drug-likeness (QED) is 0.924. The molecule has 0 saturated carbocycles. The van der Waals surface area contributed by atoms with Crippen LogP contribution in [0.15, 0.2) is 22.7 Å². The van der Waals surface area contributed by atoms with Gasteiger partial charge >= 0.3 is 0 Å². The van der Waals surface area contributed by atoms with Crippen molar-refractivity contribution in [2.75, 3.05) is 12.0 Å². The second-order valence-electron chi connectivity index (χ2n) is 3.60. The summed E-state index contributed by atoms with van der Waals surface area (Å²) >= 11 is 9.19. The van der Waals surface area contributed by atoms with Gasteiger partial charge in [-0.3, -0.25) is 0 Å². The van der Waals surface area contributed by atoms with Crippen LogP contribution in [0.1, 0.15) is 18.1 Å². The van der Waals surface area contributed by atoms with Gasteiger partial charge in [0.1, 0.15) is 9.84 Å². The van der Waals surface area contributed by atoms with Gasteiger partial charge in [0.05, 0.1) is 11.9 Å². The van der Waals surface area contributed by atoms with Crippen LogP contribution in [0, 0.1) is 0 Å². The molecule has 0 aliphatic heterocycles. The summed E-state index contributed by atoms with van der Waals surface area (Å²) < 4.78 is 22.7. The summed E-state index contributed by atoms with van der Waals surface area (Å²) in [6.45, 7) is 0. The number of sulfone groups is 1. The molecule has 0 bridgehead atoms. The molecule has 0 fully saturated rings. The average Bonchev–Trinajstić information content (AvgIpc) is 2.13. The van der Waals surface area contributed by atoms with Crippen molar-refractivity contribution >= 4 is 37.4 Å². The first-order valence-electron chi connectivity index (χ1n) is 4.60. The van der Waals surface area contributed by atoms with Crippen molar-refractivity contribution in [3.05, 3.63) is 33.3 Å². The molecule has 16 heavy (non-hydrogen) atoms. The van der Waals surface area contributed by atoms with E-state index in [9.17, 15) is 13.5 Å². The van der Waals surface area contributed by atoms with E-state index in [1.807, 2.05) is 0 Å². The summed E-state index contributed by atoms with van der Waals surface area (Å²) in [7, 11) is -3.06. The fourth-order valence-corrected chi connectivity index (χ4v) is 2.70. The Hall–Kier alpha value is -0.100. The van der Waals surface area contributed by atoms with E-state index in [4.69, 9.17) is 11.6 Å². The van der Waals surface area contributed by atoms with Gasteiger partial charge < -0.3 is 5.11 Å². The maximum Gasteiger partial charge on any atom is 0.147 e. The second-order valence-corrected chi connectivity index (χ2v) is 7.18. The molecule has 0 radical (unpaired) electrons. The Morgan fingerprint density at radius 3 is 2.62 bits per heavy atom. The van der Waals surface area contributed by atoms with Crippen LogP contribution in [0.3, 0.4) is 0 Å². The van der Waals surface area contributed by atoms with Gasteiger partial charge in [0, 0.05) is 15.8 Å². The van der Waals surface area contributed by atoms with Crippen molar-refractivity contribution < 1.29 is 13.5 Å². The lowest BCUT2D eigenvalue weighted by Crippen LogP contribution is -2.08. The average molecular weight is 328 g/mol. The first-order chi connectivity index (χ1) is 7.29. The smallest absolute Gasteiger partial charge is 0.147 e. The molecule has 1 N–H and O–H groups in total. The molecule has 1 aromatic carbocycles. The van der Waals surface area contributed by atoms with Crippen LogP contribution in [-0.4, -0.2) is 25.5 Å². The van der Waals surface area contributed by atoms with Crippen LogP contribution in [0.5, 0.6) is 0 Å². The van der Waals surface area contributed by atoms with Gasteiger partial charge in [0.15, 0.2) is 0 Å². The van der Waals surface area contributed by atoms with Crippen molar-refractivity contribution in [3.8, 4) is 0 Å². The molecule has 3 nitrogen and oxygen atoms in total. The maximum absolute atomic E-state index is 11.0. The van der Waals surface area contributed by atoms with Crippen LogP contribution in [0.4, 0.5) is 0 Å². The van der Waals surface area contributed by atoms with Crippen LogP contribution >= 0.6 is 27.5 Å². The van der Waals surface area contributed by atoms with Gasteiger partial charge in [-0.25, -0.2) is 8.42 Å². The molecule has 0 spiro atoms. The number of hydrogen-bond acceptors (Lipinski definition) is 3. The van der Waals surface area contributed by atoms with E-state index in [1.54, 1.807) is 18.2 Å². The summed E-state index contributed by atoms with van der Waals surface area (Å²) in [4.78, 5) is 0. The first kappa shape index (κ1) is 14.0. The fraction of sp³-hybridized carbons (Fsp3) is 0.400. The predicted octanol–water partition coefficient (Wildman–Crippen LogP) is 2.57. The molecule has 1 atom stereocenters.